The number of aromatic nitrogens is 2. The molecule has 1 atom stereocenters. The third kappa shape index (κ3) is 4.58. The maximum Gasteiger partial charge on any atom is 0.266 e. The highest BCUT2D eigenvalue weighted by atomic mass is 16.1. The maximum atomic E-state index is 12.8. The highest BCUT2D eigenvalue weighted by Gasteiger charge is 2.19. The highest BCUT2D eigenvalue weighted by Crippen LogP contribution is 2.30. The van der Waals surface area contributed by atoms with E-state index in [1.807, 2.05) is 48.7 Å². The minimum absolute atomic E-state index is 0.00745. The van der Waals surface area contributed by atoms with Crippen LogP contribution in [0.2, 0.25) is 0 Å². The van der Waals surface area contributed by atoms with Gasteiger partial charge in [-0.25, -0.2) is 0 Å². The number of carbonyl (C=O) groups excluding carboxylic acids is 1. The van der Waals surface area contributed by atoms with Crippen LogP contribution in [-0.4, -0.2) is 22.4 Å². The second-order valence-corrected chi connectivity index (χ2v) is 8.23. The van der Waals surface area contributed by atoms with Crippen molar-refractivity contribution in [1.29, 1.82) is 5.26 Å². The topological polar surface area (TPSA) is 102 Å². The SMILES string of the molecule is Cc1[nH]c(=O)c(C#N)c(C)c1CCC(=O)NCC(c1ccccc1)c1c[nH]c2ccccc12. The van der Waals surface area contributed by atoms with Crippen LogP contribution in [0.5, 0.6) is 0 Å². The van der Waals surface area contributed by atoms with Crippen molar-refractivity contribution >= 4 is 16.8 Å². The Morgan fingerprint density at radius 3 is 2.58 bits per heavy atom. The summed E-state index contributed by atoms with van der Waals surface area (Å²) in [4.78, 5) is 30.8. The first-order valence-corrected chi connectivity index (χ1v) is 11.0. The highest BCUT2D eigenvalue weighted by molar-refractivity contribution is 5.84. The molecule has 2 heterocycles. The molecule has 6 heteroatoms. The van der Waals surface area contributed by atoms with Crippen LogP contribution >= 0.6 is 0 Å². The Morgan fingerprint density at radius 2 is 1.82 bits per heavy atom. The minimum atomic E-state index is -0.384. The quantitative estimate of drug-likeness (QED) is 0.402. The van der Waals surface area contributed by atoms with Crippen molar-refractivity contribution in [2.24, 2.45) is 0 Å². The Balaban J connectivity index is 1.51. The summed E-state index contributed by atoms with van der Waals surface area (Å²) in [5.74, 6) is -0.0627. The van der Waals surface area contributed by atoms with E-state index in [0.717, 1.165) is 27.6 Å². The second kappa shape index (κ2) is 9.58. The van der Waals surface area contributed by atoms with Gasteiger partial charge in [-0.1, -0.05) is 48.5 Å². The van der Waals surface area contributed by atoms with Crippen molar-refractivity contribution in [2.45, 2.75) is 32.6 Å². The van der Waals surface area contributed by atoms with Gasteiger partial charge in [0.25, 0.3) is 5.56 Å². The van der Waals surface area contributed by atoms with E-state index in [1.165, 1.54) is 0 Å². The number of nitriles is 1. The molecular formula is C27H26N4O2. The average Bonchev–Trinajstić information content (AvgIpc) is 3.24. The van der Waals surface area contributed by atoms with Gasteiger partial charge in [0.05, 0.1) is 0 Å². The molecule has 33 heavy (non-hydrogen) atoms. The van der Waals surface area contributed by atoms with Crippen LogP contribution in [-0.2, 0) is 11.2 Å². The summed E-state index contributed by atoms with van der Waals surface area (Å²) in [7, 11) is 0. The predicted octanol–water partition coefficient (Wildman–Crippen LogP) is 4.23. The zero-order valence-electron chi connectivity index (χ0n) is 18.7. The van der Waals surface area contributed by atoms with Crippen molar-refractivity contribution < 1.29 is 4.79 Å². The number of amides is 1. The minimum Gasteiger partial charge on any atom is -0.361 e. The van der Waals surface area contributed by atoms with Crippen molar-refractivity contribution in [3.05, 3.63) is 105 Å². The number of hydrogen-bond acceptors (Lipinski definition) is 3. The Labute approximate surface area is 192 Å². The van der Waals surface area contributed by atoms with Crippen molar-refractivity contribution in [3.63, 3.8) is 0 Å². The molecular weight excluding hydrogens is 412 g/mol. The van der Waals surface area contributed by atoms with Crippen LogP contribution in [0.4, 0.5) is 0 Å². The number of H-pyrrole nitrogens is 2. The fraction of sp³-hybridized carbons (Fsp3) is 0.222. The van der Waals surface area contributed by atoms with Gasteiger partial charge in [-0.15, -0.1) is 0 Å². The lowest BCUT2D eigenvalue weighted by atomic mass is 9.91. The van der Waals surface area contributed by atoms with Crippen LogP contribution in [0.25, 0.3) is 10.9 Å². The largest absolute Gasteiger partial charge is 0.361 e. The summed E-state index contributed by atoms with van der Waals surface area (Å²) in [5.41, 5.74) is 5.26. The average molecular weight is 439 g/mol. The number of nitrogens with one attached hydrogen (secondary N) is 3. The van der Waals surface area contributed by atoms with E-state index in [4.69, 9.17) is 0 Å². The number of nitrogens with zero attached hydrogens (tertiary/aromatic N) is 1. The lowest BCUT2D eigenvalue weighted by molar-refractivity contribution is -0.121. The molecule has 0 aliphatic heterocycles. The van der Waals surface area contributed by atoms with E-state index in [-0.39, 0.29) is 29.4 Å². The Kier molecular flexibility index (Phi) is 6.41. The lowest BCUT2D eigenvalue weighted by Gasteiger charge is -2.18. The van der Waals surface area contributed by atoms with Crippen LogP contribution in [0.1, 0.15) is 45.8 Å². The molecule has 0 radical (unpaired) electrons. The number of rotatable bonds is 7. The molecule has 0 fully saturated rings. The van der Waals surface area contributed by atoms with Gasteiger partial charge < -0.3 is 15.3 Å². The van der Waals surface area contributed by atoms with Crippen LogP contribution in [0.3, 0.4) is 0 Å². The molecule has 0 aliphatic carbocycles. The Hall–Kier alpha value is -4.11. The Morgan fingerprint density at radius 1 is 1.09 bits per heavy atom. The van der Waals surface area contributed by atoms with E-state index in [9.17, 15) is 14.9 Å². The van der Waals surface area contributed by atoms with E-state index in [1.54, 1.807) is 13.8 Å². The number of carbonyl (C=O) groups is 1. The monoisotopic (exact) mass is 438 g/mol. The number of hydrogen-bond donors (Lipinski definition) is 3. The molecule has 0 spiro atoms. The van der Waals surface area contributed by atoms with Gasteiger partial charge in [0, 0.05) is 41.7 Å². The van der Waals surface area contributed by atoms with Gasteiger partial charge >= 0.3 is 0 Å². The molecule has 2 aromatic heterocycles. The van der Waals surface area contributed by atoms with Gasteiger partial charge in [0.1, 0.15) is 11.6 Å². The third-order valence-corrected chi connectivity index (χ3v) is 6.22. The lowest BCUT2D eigenvalue weighted by Crippen LogP contribution is -2.29. The predicted molar refractivity (Wildman–Crippen MR) is 129 cm³/mol. The molecule has 6 nitrogen and oxygen atoms in total. The van der Waals surface area contributed by atoms with E-state index in [2.05, 4.69) is 33.5 Å². The molecule has 3 N–H and O–H groups in total. The summed E-state index contributed by atoms with van der Waals surface area (Å²) < 4.78 is 0. The molecule has 2 aromatic carbocycles. The molecule has 4 aromatic rings. The fourth-order valence-electron chi connectivity index (χ4n) is 4.44. The number of benzene rings is 2. The summed E-state index contributed by atoms with van der Waals surface area (Å²) in [6.07, 6.45) is 2.75. The van der Waals surface area contributed by atoms with Gasteiger partial charge in [-0.05, 0) is 48.6 Å². The smallest absolute Gasteiger partial charge is 0.266 e. The standard InChI is InChI=1S/C27H26N4O2/c1-17-20(18(2)31-27(33)22(17)14-28)12-13-26(32)30-15-23(19-8-4-3-5-9-19)24-16-29-25-11-7-6-10-21(24)25/h3-11,16,23,29H,12-13,15H2,1-2H3,(H,30,32)(H,31,33). The molecule has 1 unspecified atom stereocenters. The first kappa shape index (κ1) is 22.1. The maximum absolute atomic E-state index is 12.8. The first-order chi connectivity index (χ1) is 16.0. The van der Waals surface area contributed by atoms with E-state index in [0.29, 0.717) is 24.2 Å². The molecule has 166 valence electrons. The van der Waals surface area contributed by atoms with Crippen molar-refractivity contribution in [3.8, 4) is 6.07 Å². The molecule has 4 rings (SSSR count). The van der Waals surface area contributed by atoms with Gasteiger partial charge in [0.15, 0.2) is 0 Å². The molecule has 0 saturated heterocycles. The summed E-state index contributed by atoms with van der Waals surface area (Å²) in [6.45, 7) is 4.03. The van der Waals surface area contributed by atoms with Crippen molar-refractivity contribution in [1.82, 2.24) is 15.3 Å². The molecule has 1 amide bonds. The fourth-order valence-corrected chi connectivity index (χ4v) is 4.44. The van der Waals surface area contributed by atoms with Gasteiger partial charge in [-0.2, -0.15) is 5.26 Å². The summed E-state index contributed by atoms with van der Waals surface area (Å²) in [6, 6.07) is 20.3. The van der Waals surface area contributed by atoms with Crippen molar-refractivity contribution in [2.75, 3.05) is 6.54 Å². The molecule has 0 saturated carbocycles. The van der Waals surface area contributed by atoms with E-state index < -0.39 is 0 Å². The van der Waals surface area contributed by atoms with E-state index >= 15 is 0 Å². The normalized spacial score (nSPS) is 11.8. The Bertz CT molecular complexity index is 1390. The number of para-hydroxylation sites is 1. The zero-order valence-corrected chi connectivity index (χ0v) is 18.7. The van der Waals surface area contributed by atoms with Crippen LogP contribution in [0.15, 0.2) is 65.6 Å². The summed E-state index contributed by atoms with van der Waals surface area (Å²) >= 11 is 0. The van der Waals surface area contributed by atoms with Crippen LogP contribution in [0, 0.1) is 25.2 Å². The number of pyridine rings is 1. The number of fused-ring (bicyclic) bond motifs is 1. The summed E-state index contributed by atoms with van der Waals surface area (Å²) in [5, 5.41) is 13.5. The molecule has 0 aliphatic rings. The zero-order chi connectivity index (χ0) is 23.4. The number of aromatic amines is 2. The second-order valence-electron chi connectivity index (χ2n) is 8.23. The van der Waals surface area contributed by atoms with Gasteiger partial charge in [-0.3, -0.25) is 9.59 Å². The van der Waals surface area contributed by atoms with Gasteiger partial charge in [0.2, 0.25) is 5.91 Å². The first-order valence-electron chi connectivity index (χ1n) is 11.0. The molecule has 0 bridgehead atoms. The third-order valence-electron chi connectivity index (χ3n) is 6.22. The van der Waals surface area contributed by atoms with Crippen LogP contribution < -0.4 is 10.9 Å². The number of aryl methyl sites for hydroxylation is 1.